The average molecular weight is 392 g/mol. The van der Waals surface area contributed by atoms with Gasteiger partial charge in [-0.15, -0.1) is 0 Å². The Bertz CT molecular complexity index is 1010. The maximum atomic E-state index is 13.0. The van der Waals surface area contributed by atoms with Gasteiger partial charge in [0.1, 0.15) is 5.82 Å². The normalized spacial score (nSPS) is 13.7. The van der Waals surface area contributed by atoms with Gasteiger partial charge in [-0.1, -0.05) is 24.3 Å². The third-order valence-electron chi connectivity index (χ3n) is 4.93. The van der Waals surface area contributed by atoms with Crippen LogP contribution in [0.2, 0.25) is 0 Å². The van der Waals surface area contributed by atoms with Crippen LogP contribution in [0.5, 0.6) is 0 Å². The van der Waals surface area contributed by atoms with Crippen molar-refractivity contribution in [3.05, 3.63) is 83.4 Å². The Morgan fingerprint density at radius 1 is 1.03 bits per heavy atom. The summed E-state index contributed by atoms with van der Waals surface area (Å²) in [5, 5.41) is 7.10. The third-order valence-corrected chi connectivity index (χ3v) is 4.93. The Kier molecular flexibility index (Phi) is 5.37. The largest absolute Gasteiger partial charge is 0.347 e. The van der Waals surface area contributed by atoms with Crippen molar-refractivity contribution in [1.29, 1.82) is 0 Å². The van der Waals surface area contributed by atoms with Crippen LogP contribution >= 0.6 is 0 Å². The first-order valence-corrected chi connectivity index (χ1v) is 9.54. The number of carbonyl (C=O) groups is 2. The fourth-order valence-corrected chi connectivity index (χ4v) is 3.31. The lowest BCUT2D eigenvalue weighted by Crippen LogP contribution is -2.24. The summed E-state index contributed by atoms with van der Waals surface area (Å²) in [5.74, 6) is -0.393. The lowest BCUT2D eigenvalue weighted by molar-refractivity contribution is -0.128. The van der Waals surface area contributed by atoms with Gasteiger partial charge >= 0.3 is 0 Å². The van der Waals surface area contributed by atoms with Gasteiger partial charge in [0.2, 0.25) is 5.91 Å². The van der Waals surface area contributed by atoms with Crippen molar-refractivity contribution in [1.82, 2.24) is 20.0 Å². The average Bonchev–Trinajstić information content (AvgIpc) is 3.38. The van der Waals surface area contributed by atoms with Gasteiger partial charge in [-0.3, -0.25) is 9.59 Å². The number of aromatic nitrogens is 2. The number of amides is 2. The fraction of sp³-hybridized carbons (Fsp3) is 0.227. The summed E-state index contributed by atoms with van der Waals surface area (Å²) in [7, 11) is 0. The Morgan fingerprint density at radius 3 is 2.45 bits per heavy atom. The molecule has 1 aliphatic heterocycles. The second-order valence-electron chi connectivity index (χ2n) is 7.04. The van der Waals surface area contributed by atoms with E-state index in [0.717, 1.165) is 24.1 Å². The van der Waals surface area contributed by atoms with Crippen LogP contribution in [0.3, 0.4) is 0 Å². The Labute approximate surface area is 167 Å². The first kappa shape index (κ1) is 18.9. The minimum Gasteiger partial charge on any atom is -0.347 e. The maximum absolute atomic E-state index is 13.0. The second-order valence-corrected chi connectivity index (χ2v) is 7.04. The number of rotatable bonds is 6. The molecule has 1 N–H and O–H groups in total. The van der Waals surface area contributed by atoms with Gasteiger partial charge in [-0.25, -0.2) is 9.07 Å². The van der Waals surface area contributed by atoms with E-state index < -0.39 is 0 Å². The number of halogens is 1. The van der Waals surface area contributed by atoms with Gasteiger partial charge < -0.3 is 10.2 Å². The van der Waals surface area contributed by atoms with E-state index in [1.165, 1.54) is 16.8 Å². The molecule has 0 aliphatic carbocycles. The topological polar surface area (TPSA) is 67.2 Å². The summed E-state index contributed by atoms with van der Waals surface area (Å²) >= 11 is 0. The molecule has 29 heavy (non-hydrogen) atoms. The molecule has 4 rings (SSSR count). The molecule has 148 valence electrons. The van der Waals surface area contributed by atoms with Crippen molar-refractivity contribution < 1.29 is 14.0 Å². The van der Waals surface area contributed by atoms with Crippen LogP contribution in [0.1, 0.15) is 34.5 Å². The highest BCUT2D eigenvalue weighted by Gasteiger charge is 2.19. The number of nitrogens with one attached hydrogen (secondary N) is 1. The highest BCUT2D eigenvalue weighted by atomic mass is 19.1. The Hall–Kier alpha value is -3.48. The van der Waals surface area contributed by atoms with Crippen LogP contribution in [0.15, 0.2) is 60.8 Å². The van der Waals surface area contributed by atoms with Crippen LogP contribution in [0, 0.1) is 5.82 Å². The zero-order valence-electron chi connectivity index (χ0n) is 15.8. The zero-order valence-corrected chi connectivity index (χ0v) is 15.8. The molecule has 6 nitrogen and oxygen atoms in total. The molecule has 2 heterocycles. The van der Waals surface area contributed by atoms with Gasteiger partial charge in [0, 0.05) is 32.3 Å². The molecule has 2 amide bonds. The first-order valence-electron chi connectivity index (χ1n) is 9.54. The number of hydrogen-bond acceptors (Lipinski definition) is 3. The molecule has 2 aromatic carbocycles. The van der Waals surface area contributed by atoms with E-state index in [9.17, 15) is 14.0 Å². The molecule has 0 saturated carbocycles. The summed E-state index contributed by atoms with van der Waals surface area (Å²) in [6.07, 6.45) is 3.23. The van der Waals surface area contributed by atoms with Crippen molar-refractivity contribution >= 4 is 11.8 Å². The number of hydrogen-bond donors (Lipinski definition) is 1. The SMILES string of the molecule is O=C(NCc1ccc(CN2CCCC2=O)cc1)c1ccn(-c2ccc(F)cc2)n1. The predicted octanol–water partition coefficient (Wildman–Crippen LogP) is 3.06. The highest BCUT2D eigenvalue weighted by Crippen LogP contribution is 2.15. The van der Waals surface area contributed by atoms with Gasteiger partial charge in [0.25, 0.3) is 5.91 Å². The summed E-state index contributed by atoms with van der Waals surface area (Å²) in [5.41, 5.74) is 3.01. The third kappa shape index (κ3) is 4.51. The summed E-state index contributed by atoms with van der Waals surface area (Å²) in [4.78, 5) is 25.9. The Balaban J connectivity index is 1.32. The smallest absolute Gasteiger partial charge is 0.272 e. The van der Waals surface area contributed by atoms with E-state index in [2.05, 4.69) is 10.4 Å². The van der Waals surface area contributed by atoms with Crippen LogP contribution in [0.4, 0.5) is 4.39 Å². The van der Waals surface area contributed by atoms with Crippen LogP contribution in [-0.2, 0) is 17.9 Å². The summed E-state index contributed by atoms with van der Waals surface area (Å²) < 4.78 is 14.6. The molecule has 1 aromatic heterocycles. The molecule has 3 aromatic rings. The number of likely N-dealkylation sites (tertiary alicyclic amines) is 1. The highest BCUT2D eigenvalue weighted by molar-refractivity contribution is 5.92. The molecular weight excluding hydrogens is 371 g/mol. The van der Waals surface area contributed by atoms with Gasteiger partial charge in [-0.2, -0.15) is 5.10 Å². The lowest BCUT2D eigenvalue weighted by Gasteiger charge is -2.15. The van der Waals surface area contributed by atoms with Gasteiger partial charge in [0.15, 0.2) is 5.69 Å². The molecule has 7 heteroatoms. The molecule has 0 spiro atoms. The Morgan fingerprint density at radius 2 is 1.76 bits per heavy atom. The second kappa shape index (κ2) is 8.26. The minimum absolute atomic E-state index is 0.210. The molecule has 0 radical (unpaired) electrons. The quantitative estimate of drug-likeness (QED) is 0.701. The molecule has 1 fully saturated rings. The monoisotopic (exact) mass is 392 g/mol. The fourth-order valence-electron chi connectivity index (χ4n) is 3.31. The molecule has 1 saturated heterocycles. The van der Waals surface area contributed by atoms with Crippen LogP contribution in [-0.4, -0.2) is 33.0 Å². The number of nitrogens with zero attached hydrogens (tertiary/aromatic N) is 3. The van der Waals surface area contributed by atoms with Gasteiger partial charge in [0.05, 0.1) is 5.69 Å². The number of benzene rings is 2. The lowest BCUT2D eigenvalue weighted by atomic mass is 10.1. The van der Waals surface area contributed by atoms with E-state index in [4.69, 9.17) is 0 Å². The summed E-state index contributed by atoms with van der Waals surface area (Å²) in [6, 6.07) is 15.4. The van der Waals surface area contributed by atoms with Gasteiger partial charge in [-0.05, 0) is 47.9 Å². The van der Waals surface area contributed by atoms with Crippen LogP contribution < -0.4 is 5.32 Å². The summed E-state index contributed by atoms with van der Waals surface area (Å²) in [6.45, 7) is 1.83. The van der Waals surface area contributed by atoms with E-state index >= 15 is 0 Å². The van der Waals surface area contributed by atoms with E-state index in [1.807, 2.05) is 29.2 Å². The van der Waals surface area contributed by atoms with Crippen molar-refractivity contribution in [3.63, 3.8) is 0 Å². The minimum atomic E-state index is -0.322. The maximum Gasteiger partial charge on any atom is 0.272 e. The van der Waals surface area contributed by atoms with Crippen molar-refractivity contribution in [2.75, 3.05) is 6.54 Å². The van der Waals surface area contributed by atoms with E-state index in [0.29, 0.717) is 30.9 Å². The standard InChI is InChI=1S/C22H21FN4O2/c23-18-7-9-19(10-8-18)27-13-11-20(25-27)22(29)24-14-16-3-5-17(6-4-16)15-26-12-1-2-21(26)28/h3-11,13H,1-2,12,14-15H2,(H,24,29). The molecule has 0 unspecified atom stereocenters. The van der Waals surface area contributed by atoms with Crippen molar-refractivity contribution in [2.45, 2.75) is 25.9 Å². The zero-order chi connectivity index (χ0) is 20.2. The number of carbonyl (C=O) groups excluding carboxylic acids is 2. The molecule has 0 bridgehead atoms. The first-order chi connectivity index (χ1) is 14.1. The van der Waals surface area contributed by atoms with Crippen molar-refractivity contribution in [2.24, 2.45) is 0 Å². The molecule has 1 aliphatic rings. The van der Waals surface area contributed by atoms with E-state index in [1.54, 1.807) is 24.4 Å². The predicted molar refractivity (Wildman–Crippen MR) is 106 cm³/mol. The molecule has 0 atom stereocenters. The van der Waals surface area contributed by atoms with Crippen molar-refractivity contribution in [3.8, 4) is 5.69 Å². The molecular formula is C22H21FN4O2. The van der Waals surface area contributed by atoms with Crippen LogP contribution in [0.25, 0.3) is 5.69 Å². The van der Waals surface area contributed by atoms with E-state index in [-0.39, 0.29) is 17.6 Å².